The third-order valence-electron chi connectivity index (χ3n) is 3.43. The number of nitrogens with one attached hydrogen (secondary N) is 1. The van der Waals surface area contributed by atoms with Gasteiger partial charge in [0.15, 0.2) is 0 Å². The monoisotopic (exact) mass is 289 g/mol. The molecule has 3 nitrogen and oxygen atoms in total. The lowest BCUT2D eigenvalue weighted by molar-refractivity contribution is -0.0170. The Balaban J connectivity index is 2.23. The van der Waals surface area contributed by atoms with Gasteiger partial charge in [0.1, 0.15) is 11.3 Å². The molecule has 0 spiro atoms. The van der Waals surface area contributed by atoms with Gasteiger partial charge in [-0.15, -0.1) is 0 Å². The molecule has 0 saturated carbocycles. The van der Waals surface area contributed by atoms with Crippen molar-refractivity contribution in [3.05, 3.63) is 35.6 Å². The molecule has 1 aromatic carbocycles. The van der Waals surface area contributed by atoms with Gasteiger partial charge in [0.2, 0.25) is 0 Å². The lowest BCUT2D eigenvalue weighted by Crippen LogP contribution is -2.30. The Kier molecular flexibility index (Phi) is 5.07. The van der Waals surface area contributed by atoms with Crippen LogP contribution in [0.25, 0.3) is 11.0 Å². The SMILES string of the molecule is CCCNC(COC(C)(C)C)c1cc2cccc(C)c2o1. The number of hydrogen-bond donors (Lipinski definition) is 1. The fraction of sp³-hybridized carbons (Fsp3) is 0.556. The average Bonchev–Trinajstić information content (AvgIpc) is 2.83. The molecule has 0 saturated heterocycles. The molecular formula is C18H27NO2. The second kappa shape index (κ2) is 6.63. The first-order chi connectivity index (χ1) is 9.90. The van der Waals surface area contributed by atoms with Crippen LogP contribution >= 0.6 is 0 Å². The van der Waals surface area contributed by atoms with E-state index in [4.69, 9.17) is 9.15 Å². The maximum atomic E-state index is 6.08. The number of hydrogen-bond acceptors (Lipinski definition) is 3. The van der Waals surface area contributed by atoms with Gasteiger partial charge in [0, 0.05) is 5.39 Å². The van der Waals surface area contributed by atoms with Gasteiger partial charge in [-0.1, -0.05) is 25.1 Å². The summed E-state index contributed by atoms with van der Waals surface area (Å²) >= 11 is 0. The van der Waals surface area contributed by atoms with Gasteiger partial charge in [0.05, 0.1) is 18.2 Å². The molecular weight excluding hydrogens is 262 g/mol. The van der Waals surface area contributed by atoms with Gasteiger partial charge in [0.25, 0.3) is 0 Å². The highest BCUT2D eigenvalue weighted by Gasteiger charge is 2.20. The van der Waals surface area contributed by atoms with Crippen LogP contribution in [0.5, 0.6) is 0 Å². The van der Waals surface area contributed by atoms with E-state index >= 15 is 0 Å². The third-order valence-corrected chi connectivity index (χ3v) is 3.43. The molecule has 0 amide bonds. The van der Waals surface area contributed by atoms with E-state index in [0.29, 0.717) is 6.61 Å². The third kappa shape index (κ3) is 4.32. The first-order valence-corrected chi connectivity index (χ1v) is 7.77. The second-order valence-corrected chi connectivity index (χ2v) is 6.57. The fourth-order valence-corrected chi connectivity index (χ4v) is 2.29. The van der Waals surface area contributed by atoms with Gasteiger partial charge in [-0.3, -0.25) is 0 Å². The predicted molar refractivity (Wildman–Crippen MR) is 87.7 cm³/mol. The molecule has 21 heavy (non-hydrogen) atoms. The molecule has 2 aromatic rings. The van der Waals surface area contributed by atoms with E-state index in [2.05, 4.69) is 64.2 Å². The van der Waals surface area contributed by atoms with Crippen LogP contribution in [0.3, 0.4) is 0 Å². The smallest absolute Gasteiger partial charge is 0.137 e. The van der Waals surface area contributed by atoms with Crippen molar-refractivity contribution < 1.29 is 9.15 Å². The van der Waals surface area contributed by atoms with Crippen molar-refractivity contribution in [2.45, 2.75) is 52.7 Å². The van der Waals surface area contributed by atoms with Crippen molar-refractivity contribution in [3.8, 4) is 0 Å². The Bertz CT molecular complexity index is 580. The topological polar surface area (TPSA) is 34.4 Å². The zero-order valence-electron chi connectivity index (χ0n) is 13.8. The summed E-state index contributed by atoms with van der Waals surface area (Å²) in [5.41, 5.74) is 2.00. The number of furan rings is 1. The zero-order chi connectivity index (χ0) is 15.5. The highest BCUT2D eigenvalue weighted by atomic mass is 16.5. The van der Waals surface area contributed by atoms with Crippen molar-refractivity contribution in [3.63, 3.8) is 0 Å². The van der Waals surface area contributed by atoms with Gasteiger partial charge in [-0.05, 0) is 52.3 Å². The summed E-state index contributed by atoms with van der Waals surface area (Å²) in [6, 6.07) is 8.46. The zero-order valence-corrected chi connectivity index (χ0v) is 13.8. The lowest BCUT2D eigenvalue weighted by Gasteiger charge is -2.24. The largest absolute Gasteiger partial charge is 0.459 e. The molecule has 3 heteroatoms. The van der Waals surface area contributed by atoms with Crippen molar-refractivity contribution >= 4 is 11.0 Å². The number of benzene rings is 1. The first-order valence-electron chi connectivity index (χ1n) is 7.77. The summed E-state index contributed by atoms with van der Waals surface area (Å²) in [5, 5.41) is 4.68. The van der Waals surface area contributed by atoms with Gasteiger partial charge in [-0.25, -0.2) is 0 Å². The maximum absolute atomic E-state index is 6.08. The number of ether oxygens (including phenoxy) is 1. The summed E-state index contributed by atoms with van der Waals surface area (Å²) in [4.78, 5) is 0. The minimum Gasteiger partial charge on any atom is -0.459 e. The molecule has 0 aliphatic heterocycles. The first kappa shape index (κ1) is 16.1. The molecule has 1 aromatic heterocycles. The Hall–Kier alpha value is -1.32. The summed E-state index contributed by atoms with van der Waals surface area (Å²) in [7, 11) is 0. The molecule has 0 bridgehead atoms. The van der Waals surface area contributed by atoms with Crippen LogP contribution in [0, 0.1) is 6.92 Å². The van der Waals surface area contributed by atoms with Crippen molar-refractivity contribution in [1.82, 2.24) is 5.32 Å². The number of rotatable bonds is 6. The van der Waals surface area contributed by atoms with Gasteiger partial charge < -0.3 is 14.5 Å². The van der Waals surface area contributed by atoms with Crippen molar-refractivity contribution in [1.29, 1.82) is 0 Å². The molecule has 0 fully saturated rings. The van der Waals surface area contributed by atoms with Crippen LogP contribution in [-0.4, -0.2) is 18.8 Å². The predicted octanol–water partition coefficient (Wildman–Crippen LogP) is 4.60. The molecule has 1 N–H and O–H groups in total. The molecule has 0 radical (unpaired) electrons. The van der Waals surface area contributed by atoms with E-state index in [9.17, 15) is 0 Å². The standard InChI is InChI=1S/C18H27NO2/c1-6-10-19-15(12-20-18(3,4)5)16-11-14-9-7-8-13(2)17(14)21-16/h7-9,11,15,19H,6,10,12H2,1-5H3. The Labute approximate surface area is 127 Å². The van der Waals surface area contributed by atoms with E-state index in [1.165, 1.54) is 5.56 Å². The molecule has 1 atom stereocenters. The van der Waals surface area contributed by atoms with E-state index in [-0.39, 0.29) is 11.6 Å². The van der Waals surface area contributed by atoms with Crippen molar-refractivity contribution in [2.24, 2.45) is 0 Å². The van der Waals surface area contributed by atoms with Crippen LogP contribution in [0.2, 0.25) is 0 Å². The lowest BCUT2D eigenvalue weighted by atomic mass is 10.1. The molecule has 0 aliphatic rings. The molecule has 2 rings (SSSR count). The highest BCUT2D eigenvalue weighted by molar-refractivity contribution is 5.81. The van der Waals surface area contributed by atoms with Gasteiger partial charge in [-0.2, -0.15) is 0 Å². The summed E-state index contributed by atoms with van der Waals surface area (Å²) in [5.74, 6) is 0.956. The van der Waals surface area contributed by atoms with Crippen LogP contribution in [0.4, 0.5) is 0 Å². The normalized spacial score (nSPS) is 13.8. The summed E-state index contributed by atoms with van der Waals surface area (Å²) in [6.07, 6.45) is 1.09. The van der Waals surface area contributed by atoms with Crippen LogP contribution in [0.15, 0.2) is 28.7 Å². The maximum Gasteiger partial charge on any atom is 0.137 e. The van der Waals surface area contributed by atoms with E-state index in [1.54, 1.807) is 0 Å². The van der Waals surface area contributed by atoms with Crippen molar-refractivity contribution in [2.75, 3.05) is 13.2 Å². The minimum absolute atomic E-state index is 0.0935. The van der Waals surface area contributed by atoms with E-state index in [1.807, 2.05) is 0 Å². The molecule has 1 unspecified atom stereocenters. The summed E-state index contributed by atoms with van der Waals surface area (Å²) < 4.78 is 12.0. The summed E-state index contributed by atoms with van der Waals surface area (Å²) in [6.45, 7) is 12.0. The fourth-order valence-electron chi connectivity index (χ4n) is 2.29. The minimum atomic E-state index is -0.145. The Morgan fingerprint density at radius 3 is 2.67 bits per heavy atom. The van der Waals surface area contributed by atoms with Crippen LogP contribution in [-0.2, 0) is 4.74 Å². The quantitative estimate of drug-likeness (QED) is 0.844. The Morgan fingerprint density at radius 2 is 2.05 bits per heavy atom. The van der Waals surface area contributed by atoms with Crippen LogP contribution < -0.4 is 5.32 Å². The molecule has 0 aliphatic carbocycles. The second-order valence-electron chi connectivity index (χ2n) is 6.57. The molecule has 116 valence electrons. The number of fused-ring (bicyclic) bond motifs is 1. The average molecular weight is 289 g/mol. The van der Waals surface area contributed by atoms with Crippen LogP contribution in [0.1, 0.15) is 51.5 Å². The highest BCUT2D eigenvalue weighted by Crippen LogP contribution is 2.27. The number of aryl methyl sites for hydroxylation is 1. The molecule has 1 heterocycles. The van der Waals surface area contributed by atoms with E-state index in [0.717, 1.165) is 29.7 Å². The Morgan fingerprint density at radius 1 is 1.29 bits per heavy atom. The number of para-hydroxylation sites is 1. The van der Waals surface area contributed by atoms with Gasteiger partial charge >= 0.3 is 0 Å². The van der Waals surface area contributed by atoms with E-state index < -0.39 is 0 Å².